The van der Waals surface area contributed by atoms with Crippen molar-refractivity contribution in [1.82, 2.24) is 0 Å². The van der Waals surface area contributed by atoms with Crippen LogP contribution in [0.5, 0.6) is 0 Å². The minimum absolute atomic E-state index is 0.0800. The minimum Gasteiger partial charge on any atom is -0.392 e. The molecule has 0 unspecified atom stereocenters. The summed E-state index contributed by atoms with van der Waals surface area (Å²) in [5.74, 6) is -0.257. The zero-order valence-corrected chi connectivity index (χ0v) is 11.4. The highest BCUT2D eigenvalue weighted by atomic mass is 35.5. The molecule has 2 aromatic rings. The molecule has 0 aliphatic heterocycles. The number of benzene rings is 2. The highest BCUT2D eigenvalue weighted by molar-refractivity contribution is 6.33. The highest BCUT2D eigenvalue weighted by Gasteiger charge is 2.11. The van der Waals surface area contributed by atoms with Crippen molar-refractivity contribution < 1.29 is 9.50 Å². The van der Waals surface area contributed by atoms with Gasteiger partial charge in [-0.2, -0.15) is 0 Å². The van der Waals surface area contributed by atoms with Crippen LogP contribution in [-0.4, -0.2) is 12.2 Å². The smallest absolute Gasteiger partial charge is 0.123 e. The predicted octanol–water partition coefficient (Wildman–Crippen LogP) is 3.61. The lowest BCUT2D eigenvalue weighted by molar-refractivity contribution is 0.282. The largest absolute Gasteiger partial charge is 0.392 e. The molecule has 0 saturated heterocycles. The third-order valence-corrected chi connectivity index (χ3v) is 3.24. The molecule has 4 heteroatoms. The van der Waals surface area contributed by atoms with E-state index in [-0.39, 0.29) is 12.4 Å². The van der Waals surface area contributed by atoms with Crippen LogP contribution < -0.4 is 4.90 Å². The van der Waals surface area contributed by atoms with E-state index >= 15 is 0 Å². The Morgan fingerprint density at radius 2 is 1.95 bits per heavy atom. The Morgan fingerprint density at radius 3 is 2.63 bits per heavy atom. The first-order valence-corrected chi connectivity index (χ1v) is 6.33. The van der Waals surface area contributed by atoms with Gasteiger partial charge in [-0.05, 0) is 23.8 Å². The molecule has 0 aliphatic carbocycles. The number of hydrogen-bond donors (Lipinski definition) is 1. The Morgan fingerprint density at radius 1 is 1.21 bits per heavy atom. The average molecular weight is 280 g/mol. The summed E-state index contributed by atoms with van der Waals surface area (Å²) in [6, 6.07) is 11.8. The van der Waals surface area contributed by atoms with E-state index in [4.69, 9.17) is 11.6 Å². The molecule has 2 nitrogen and oxygen atoms in total. The normalized spacial score (nSPS) is 10.5. The monoisotopic (exact) mass is 279 g/mol. The molecular formula is C15H15ClFNO. The maximum absolute atomic E-state index is 13.2. The summed E-state index contributed by atoms with van der Waals surface area (Å²) in [6.07, 6.45) is 0. The molecule has 0 fully saturated rings. The predicted molar refractivity (Wildman–Crippen MR) is 75.9 cm³/mol. The fourth-order valence-corrected chi connectivity index (χ4v) is 2.44. The zero-order chi connectivity index (χ0) is 13.8. The SMILES string of the molecule is CN(Cc1cccc(F)c1)c1c(Cl)cccc1CO. The second kappa shape index (κ2) is 6.04. The van der Waals surface area contributed by atoms with E-state index in [0.717, 1.165) is 16.8 Å². The van der Waals surface area contributed by atoms with Gasteiger partial charge in [-0.3, -0.25) is 0 Å². The quantitative estimate of drug-likeness (QED) is 0.924. The van der Waals surface area contributed by atoms with Gasteiger partial charge >= 0.3 is 0 Å². The van der Waals surface area contributed by atoms with E-state index in [0.29, 0.717) is 11.6 Å². The second-order valence-corrected chi connectivity index (χ2v) is 4.80. The maximum atomic E-state index is 13.2. The van der Waals surface area contributed by atoms with E-state index in [1.54, 1.807) is 18.2 Å². The van der Waals surface area contributed by atoms with E-state index in [1.165, 1.54) is 12.1 Å². The molecule has 1 N–H and O–H groups in total. The Balaban J connectivity index is 2.27. The molecule has 0 aliphatic rings. The standard InChI is InChI=1S/C15H15ClFNO/c1-18(9-11-4-2-6-13(17)8-11)15-12(10-19)5-3-7-14(15)16/h2-8,19H,9-10H2,1H3. The van der Waals surface area contributed by atoms with Crippen LogP contribution in [-0.2, 0) is 13.2 Å². The van der Waals surface area contributed by atoms with Crippen molar-refractivity contribution >= 4 is 17.3 Å². The summed E-state index contributed by atoms with van der Waals surface area (Å²) in [7, 11) is 1.87. The molecular weight excluding hydrogens is 265 g/mol. The number of hydrogen-bond acceptors (Lipinski definition) is 2. The number of anilines is 1. The molecule has 100 valence electrons. The fraction of sp³-hybridized carbons (Fsp3) is 0.200. The summed E-state index contributed by atoms with van der Waals surface area (Å²) < 4.78 is 13.2. The summed E-state index contributed by atoms with van der Waals surface area (Å²) in [6.45, 7) is 0.442. The van der Waals surface area contributed by atoms with Crippen LogP contribution >= 0.6 is 11.6 Å². The number of halogens is 2. The first-order chi connectivity index (χ1) is 9.11. The number of aliphatic hydroxyl groups excluding tert-OH is 1. The zero-order valence-electron chi connectivity index (χ0n) is 10.6. The summed E-state index contributed by atoms with van der Waals surface area (Å²) in [4.78, 5) is 1.91. The molecule has 2 rings (SSSR count). The lowest BCUT2D eigenvalue weighted by atomic mass is 10.1. The van der Waals surface area contributed by atoms with Gasteiger partial charge in [-0.25, -0.2) is 4.39 Å². The molecule has 2 aromatic carbocycles. The third kappa shape index (κ3) is 3.25. The van der Waals surface area contributed by atoms with Crippen molar-refractivity contribution in [2.45, 2.75) is 13.2 Å². The Bertz CT molecular complexity index is 574. The Hall–Kier alpha value is -1.58. The highest BCUT2D eigenvalue weighted by Crippen LogP contribution is 2.30. The molecule has 0 aromatic heterocycles. The molecule has 0 radical (unpaired) electrons. The van der Waals surface area contributed by atoms with Crippen LogP contribution in [0.2, 0.25) is 5.02 Å². The summed E-state index contributed by atoms with van der Waals surface area (Å²) in [5.41, 5.74) is 2.38. The number of aliphatic hydroxyl groups is 1. The van der Waals surface area contributed by atoms with Crippen LogP contribution in [0.25, 0.3) is 0 Å². The molecule has 0 amide bonds. The van der Waals surface area contributed by atoms with Crippen molar-refractivity contribution in [1.29, 1.82) is 0 Å². The van der Waals surface area contributed by atoms with Gasteiger partial charge in [0.2, 0.25) is 0 Å². The van der Waals surface area contributed by atoms with Gasteiger partial charge in [-0.1, -0.05) is 35.9 Å². The van der Waals surface area contributed by atoms with Crippen molar-refractivity contribution in [2.24, 2.45) is 0 Å². The van der Waals surface area contributed by atoms with Gasteiger partial charge in [0, 0.05) is 19.2 Å². The lowest BCUT2D eigenvalue weighted by Crippen LogP contribution is -2.18. The topological polar surface area (TPSA) is 23.5 Å². The molecule has 0 heterocycles. The van der Waals surface area contributed by atoms with Crippen molar-refractivity contribution in [3.63, 3.8) is 0 Å². The van der Waals surface area contributed by atoms with Crippen LogP contribution in [0.15, 0.2) is 42.5 Å². The van der Waals surface area contributed by atoms with E-state index < -0.39 is 0 Å². The molecule has 0 atom stereocenters. The Labute approximate surface area is 117 Å². The Kier molecular flexibility index (Phi) is 4.40. The van der Waals surface area contributed by atoms with Crippen LogP contribution in [0, 0.1) is 5.82 Å². The molecule has 0 saturated carbocycles. The molecule has 0 bridgehead atoms. The van der Waals surface area contributed by atoms with Crippen LogP contribution in [0.4, 0.5) is 10.1 Å². The van der Waals surface area contributed by atoms with Gasteiger partial charge in [0.25, 0.3) is 0 Å². The van der Waals surface area contributed by atoms with Crippen molar-refractivity contribution in [2.75, 3.05) is 11.9 Å². The van der Waals surface area contributed by atoms with Crippen LogP contribution in [0.3, 0.4) is 0 Å². The van der Waals surface area contributed by atoms with E-state index in [1.807, 2.05) is 24.1 Å². The summed E-state index contributed by atoms with van der Waals surface area (Å²) >= 11 is 6.17. The van der Waals surface area contributed by atoms with Gasteiger partial charge in [0.05, 0.1) is 17.3 Å². The molecule has 0 spiro atoms. The van der Waals surface area contributed by atoms with Gasteiger partial charge in [0.15, 0.2) is 0 Å². The first kappa shape index (κ1) is 13.8. The molecule has 19 heavy (non-hydrogen) atoms. The minimum atomic E-state index is -0.257. The van der Waals surface area contributed by atoms with Crippen molar-refractivity contribution in [3.05, 3.63) is 64.4 Å². The van der Waals surface area contributed by atoms with Gasteiger partial charge < -0.3 is 10.0 Å². The van der Waals surface area contributed by atoms with E-state index in [2.05, 4.69) is 0 Å². The van der Waals surface area contributed by atoms with Gasteiger partial charge in [-0.15, -0.1) is 0 Å². The van der Waals surface area contributed by atoms with Gasteiger partial charge in [0.1, 0.15) is 5.82 Å². The third-order valence-electron chi connectivity index (χ3n) is 2.93. The number of para-hydroxylation sites is 1. The second-order valence-electron chi connectivity index (χ2n) is 4.39. The maximum Gasteiger partial charge on any atom is 0.123 e. The van der Waals surface area contributed by atoms with Crippen LogP contribution in [0.1, 0.15) is 11.1 Å². The average Bonchev–Trinajstić information content (AvgIpc) is 2.38. The summed E-state index contributed by atoms with van der Waals surface area (Å²) in [5, 5.41) is 9.93. The lowest BCUT2D eigenvalue weighted by Gasteiger charge is -2.23. The fourth-order valence-electron chi connectivity index (χ4n) is 2.10. The first-order valence-electron chi connectivity index (χ1n) is 5.95. The van der Waals surface area contributed by atoms with Crippen molar-refractivity contribution in [3.8, 4) is 0 Å². The number of rotatable bonds is 4. The van der Waals surface area contributed by atoms with E-state index in [9.17, 15) is 9.50 Å². The number of nitrogens with zero attached hydrogens (tertiary/aromatic N) is 1.